The Bertz CT molecular complexity index is 519. The number of aliphatic carboxylic acids is 1. The van der Waals surface area contributed by atoms with Crippen LogP contribution < -0.4 is 56.5 Å². The van der Waals surface area contributed by atoms with Crippen molar-refractivity contribution >= 4 is 17.2 Å². The van der Waals surface area contributed by atoms with E-state index in [0.29, 0.717) is 6.08 Å². The molecule has 6 nitrogen and oxygen atoms in total. The van der Waals surface area contributed by atoms with Crippen molar-refractivity contribution in [3.05, 3.63) is 46.0 Å². The van der Waals surface area contributed by atoms with E-state index in [1.165, 1.54) is 18.2 Å². The van der Waals surface area contributed by atoms with Gasteiger partial charge in [0.05, 0.1) is 22.5 Å². The first-order valence-corrected chi connectivity index (χ1v) is 4.12. The van der Waals surface area contributed by atoms with Crippen molar-refractivity contribution in [3.8, 4) is 6.07 Å². The summed E-state index contributed by atoms with van der Waals surface area (Å²) in [6, 6.07) is 6.78. The van der Waals surface area contributed by atoms with Gasteiger partial charge in [-0.1, -0.05) is 12.1 Å². The topological polar surface area (TPSA) is 107 Å². The number of non-ortho nitro benzene ring substituents is 1. The fourth-order valence-corrected chi connectivity index (χ4v) is 1.09. The predicted molar refractivity (Wildman–Crippen MR) is 51.7 cm³/mol. The Labute approximate surface area is 139 Å². The van der Waals surface area contributed by atoms with Crippen LogP contribution in [0.1, 0.15) is 5.56 Å². The molecule has 0 N–H and O–H groups in total. The third kappa shape index (κ3) is 4.76. The van der Waals surface area contributed by atoms with Gasteiger partial charge < -0.3 is 9.90 Å². The molecule has 0 atom stereocenters. The molecule has 0 heterocycles. The van der Waals surface area contributed by atoms with Crippen LogP contribution in [0.15, 0.2) is 30.3 Å². The standard InChI is InChI=1S/C10H6N2O4.K/c11-6-8(5-10(13)14)7-2-1-3-9(4-7)12(15)16;/h1-5H,(H,13,14);/q;+1/p-1. The van der Waals surface area contributed by atoms with E-state index in [1.54, 1.807) is 6.07 Å². The summed E-state index contributed by atoms with van der Waals surface area (Å²) in [4.78, 5) is 20.1. The number of hydrogen-bond acceptors (Lipinski definition) is 5. The molecule has 1 aromatic rings. The minimum Gasteiger partial charge on any atom is -0.545 e. The summed E-state index contributed by atoms with van der Waals surface area (Å²) in [7, 11) is 0. The van der Waals surface area contributed by atoms with Crippen molar-refractivity contribution < 1.29 is 66.2 Å². The van der Waals surface area contributed by atoms with Gasteiger partial charge in [-0.2, -0.15) is 5.26 Å². The van der Waals surface area contributed by atoms with Crippen molar-refractivity contribution in [2.75, 3.05) is 0 Å². The number of nitro groups is 1. The summed E-state index contributed by atoms with van der Waals surface area (Å²) < 4.78 is 0. The number of nitro benzene ring substituents is 1. The minimum atomic E-state index is -1.52. The van der Waals surface area contributed by atoms with Gasteiger partial charge in [0.1, 0.15) is 0 Å². The van der Waals surface area contributed by atoms with Gasteiger partial charge in [-0.05, 0) is 11.6 Å². The molecule has 0 amide bonds. The minimum absolute atomic E-state index is 0. The Hall–Kier alpha value is -1.04. The zero-order valence-corrected chi connectivity index (χ0v) is 12.0. The largest absolute Gasteiger partial charge is 1.00 e. The van der Waals surface area contributed by atoms with Crippen LogP contribution in [0.2, 0.25) is 0 Å². The van der Waals surface area contributed by atoms with Crippen LogP contribution >= 0.6 is 0 Å². The van der Waals surface area contributed by atoms with Crippen molar-refractivity contribution in [2.45, 2.75) is 0 Å². The molecule has 0 bridgehead atoms. The first-order valence-electron chi connectivity index (χ1n) is 4.12. The molecular formula is C10H5KN2O4. The van der Waals surface area contributed by atoms with Crippen molar-refractivity contribution in [1.82, 2.24) is 0 Å². The monoisotopic (exact) mass is 256 g/mol. The summed E-state index contributed by atoms with van der Waals surface area (Å²) in [6.07, 6.45) is 0.596. The zero-order valence-electron chi connectivity index (χ0n) is 8.91. The molecule has 7 heteroatoms. The number of hydrogen-bond donors (Lipinski definition) is 0. The van der Waals surface area contributed by atoms with E-state index in [4.69, 9.17) is 5.26 Å². The number of carboxylic acid groups (broad SMARTS) is 1. The molecule has 0 spiro atoms. The first kappa shape index (κ1) is 16.0. The van der Waals surface area contributed by atoms with E-state index in [2.05, 4.69) is 0 Å². The van der Waals surface area contributed by atoms with Crippen LogP contribution in [-0.2, 0) is 4.79 Å². The number of benzene rings is 1. The smallest absolute Gasteiger partial charge is 0.545 e. The van der Waals surface area contributed by atoms with E-state index >= 15 is 0 Å². The zero-order chi connectivity index (χ0) is 12.1. The molecule has 0 saturated carbocycles. The van der Waals surface area contributed by atoms with Crippen molar-refractivity contribution in [1.29, 1.82) is 5.26 Å². The maximum Gasteiger partial charge on any atom is 1.00 e. The molecule has 0 aliphatic carbocycles. The van der Waals surface area contributed by atoms with Gasteiger partial charge >= 0.3 is 51.4 Å². The van der Waals surface area contributed by atoms with Gasteiger partial charge in [0.15, 0.2) is 0 Å². The van der Waals surface area contributed by atoms with Gasteiger partial charge in [-0.15, -0.1) is 0 Å². The van der Waals surface area contributed by atoms with Gasteiger partial charge in [-0.25, -0.2) is 0 Å². The summed E-state index contributed by atoms with van der Waals surface area (Å²) in [6.45, 7) is 0. The van der Waals surface area contributed by atoms with Crippen LogP contribution in [-0.4, -0.2) is 10.9 Å². The molecule has 0 radical (unpaired) electrons. The number of carbonyl (C=O) groups is 1. The van der Waals surface area contributed by atoms with E-state index < -0.39 is 10.9 Å². The normalized spacial score (nSPS) is 9.94. The molecule has 17 heavy (non-hydrogen) atoms. The van der Waals surface area contributed by atoms with Gasteiger partial charge in [0.2, 0.25) is 0 Å². The number of carboxylic acids is 1. The third-order valence-electron chi connectivity index (χ3n) is 1.75. The molecular weight excluding hydrogens is 251 g/mol. The van der Waals surface area contributed by atoms with Crippen LogP contribution in [0, 0.1) is 21.4 Å². The predicted octanol–water partition coefficient (Wildman–Crippen LogP) is -2.74. The van der Waals surface area contributed by atoms with Crippen molar-refractivity contribution in [3.63, 3.8) is 0 Å². The maximum atomic E-state index is 10.5. The molecule has 0 aliphatic heterocycles. The number of carbonyl (C=O) groups excluding carboxylic acids is 1. The van der Waals surface area contributed by atoms with E-state index in [0.717, 1.165) is 6.07 Å². The van der Waals surface area contributed by atoms with E-state index in [1.807, 2.05) is 0 Å². The average Bonchev–Trinajstić information content (AvgIpc) is 2.25. The first-order chi connectivity index (χ1) is 7.54. The summed E-state index contributed by atoms with van der Waals surface area (Å²) in [5.41, 5.74) is -0.235. The summed E-state index contributed by atoms with van der Waals surface area (Å²) >= 11 is 0. The van der Waals surface area contributed by atoms with Crippen LogP contribution in [0.4, 0.5) is 5.69 Å². The second-order valence-electron chi connectivity index (χ2n) is 2.80. The molecule has 1 rings (SSSR count). The summed E-state index contributed by atoms with van der Waals surface area (Å²) in [5.74, 6) is -1.52. The molecule has 80 valence electrons. The number of rotatable bonds is 3. The summed E-state index contributed by atoms with van der Waals surface area (Å²) in [5, 5.41) is 29.4. The number of allylic oxidation sites excluding steroid dienone is 1. The third-order valence-corrected chi connectivity index (χ3v) is 1.75. The quantitative estimate of drug-likeness (QED) is 0.192. The van der Waals surface area contributed by atoms with E-state index in [9.17, 15) is 20.0 Å². The average molecular weight is 256 g/mol. The Morgan fingerprint density at radius 2 is 2.12 bits per heavy atom. The van der Waals surface area contributed by atoms with Gasteiger partial charge in [0, 0.05) is 12.1 Å². The second kappa shape index (κ2) is 7.31. The Kier molecular flexibility index (Phi) is 6.87. The molecule has 0 fully saturated rings. The fourth-order valence-electron chi connectivity index (χ4n) is 1.09. The SMILES string of the molecule is N#CC(=CC(=O)[O-])c1cccc([N+](=O)[O-])c1.[K+]. The van der Waals surface area contributed by atoms with Crippen LogP contribution in [0.3, 0.4) is 0 Å². The molecule has 0 saturated heterocycles. The molecule has 0 unspecified atom stereocenters. The number of nitriles is 1. The Morgan fingerprint density at radius 1 is 1.47 bits per heavy atom. The fraction of sp³-hybridized carbons (Fsp3) is 0. The molecule has 1 aromatic carbocycles. The van der Waals surface area contributed by atoms with Gasteiger partial charge in [0.25, 0.3) is 5.69 Å². The molecule has 0 aromatic heterocycles. The Balaban J connectivity index is 0.00000256. The van der Waals surface area contributed by atoms with Crippen LogP contribution in [0.25, 0.3) is 5.57 Å². The maximum absolute atomic E-state index is 10.5. The van der Waals surface area contributed by atoms with Crippen LogP contribution in [0.5, 0.6) is 0 Å². The van der Waals surface area contributed by atoms with E-state index in [-0.39, 0.29) is 68.2 Å². The van der Waals surface area contributed by atoms with Crippen molar-refractivity contribution in [2.24, 2.45) is 0 Å². The second-order valence-corrected chi connectivity index (χ2v) is 2.80. The Morgan fingerprint density at radius 3 is 2.59 bits per heavy atom. The van der Waals surface area contributed by atoms with Gasteiger partial charge in [-0.3, -0.25) is 10.1 Å². The molecule has 0 aliphatic rings. The number of nitrogens with zero attached hydrogens (tertiary/aromatic N) is 2.